The number of benzene rings is 3. The molecule has 4 heteroatoms. The summed E-state index contributed by atoms with van der Waals surface area (Å²) in [7, 11) is 0. The zero-order chi connectivity index (χ0) is 14.9. The van der Waals surface area contributed by atoms with E-state index in [-0.39, 0.29) is 25.2 Å². The standard InChI is InChI=1S/C19H14N2O.Zn/c22-19-11-10-15(14-6-2-1-3-7-14)12-18(19)21-13-16-8-4-5-9-17(16)20-21;/h1-13,22H;. The Balaban J connectivity index is 0.00000156. The second-order valence-electron chi connectivity index (χ2n) is 5.20. The molecule has 0 amide bonds. The molecule has 0 aliphatic rings. The normalized spacial score (nSPS) is 10.4. The maximum absolute atomic E-state index is 10.2. The Morgan fingerprint density at radius 2 is 1.52 bits per heavy atom. The van der Waals surface area contributed by atoms with Gasteiger partial charge in [-0.1, -0.05) is 54.6 Å². The van der Waals surface area contributed by atoms with Gasteiger partial charge in [0.25, 0.3) is 0 Å². The number of phenols is 1. The van der Waals surface area contributed by atoms with Crippen molar-refractivity contribution in [3.63, 3.8) is 0 Å². The van der Waals surface area contributed by atoms with E-state index >= 15 is 0 Å². The number of aromatic nitrogens is 2. The Labute approximate surface area is 147 Å². The van der Waals surface area contributed by atoms with Crippen LogP contribution in [0.3, 0.4) is 0 Å². The molecule has 0 radical (unpaired) electrons. The molecule has 1 aromatic heterocycles. The quantitative estimate of drug-likeness (QED) is 0.544. The van der Waals surface area contributed by atoms with Crippen molar-refractivity contribution in [3.8, 4) is 22.6 Å². The SMILES string of the molecule is Oc1ccc(-c2ccccc2)cc1-n1cc2ccccc2n1.[Zn]. The first-order valence-corrected chi connectivity index (χ1v) is 7.14. The first-order chi connectivity index (χ1) is 10.8. The van der Waals surface area contributed by atoms with E-state index in [0.29, 0.717) is 5.69 Å². The van der Waals surface area contributed by atoms with Crippen molar-refractivity contribution in [1.82, 2.24) is 9.78 Å². The van der Waals surface area contributed by atoms with Crippen molar-refractivity contribution in [1.29, 1.82) is 0 Å². The zero-order valence-corrected chi connectivity index (χ0v) is 15.5. The minimum atomic E-state index is 0. The van der Waals surface area contributed by atoms with Gasteiger partial charge in [0.2, 0.25) is 0 Å². The van der Waals surface area contributed by atoms with E-state index < -0.39 is 0 Å². The first kappa shape index (κ1) is 15.4. The van der Waals surface area contributed by atoms with Crippen molar-refractivity contribution < 1.29 is 24.6 Å². The van der Waals surface area contributed by atoms with Gasteiger partial charge in [-0.25, -0.2) is 4.68 Å². The number of rotatable bonds is 2. The van der Waals surface area contributed by atoms with E-state index in [0.717, 1.165) is 22.0 Å². The molecule has 0 saturated heterocycles. The molecule has 0 unspecified atom stereocenters. The van der Waals surface area contributed by atoms with E-state index in [2.05, 4.69) is 17.2 Å². The maximum atomic E-state index is 10.2. The van der Waals surface area contributed by atoms with Crippen molar-refractivity contribution in [2.75, 3.05) is 0 Å². The summed E-state index contributed by atoms with van der Waals surface area (Å²) in [5, 5.41) is 15.8. The molecule has 3 aromatic carbocycles. The summed E-state index contributed by atoms with van der Waals surface area (Å²) < 4.78 is 1.73. The molecule has 1 N–H and O–H groups in total. The van der Waals surface area contributed by atoms with Gasteiger partial charge in [0, 0.05) is 31.1 Å². The third-order valence-corrected chi connectivity index (χ3v) is 3.74. The van der Waals surface area contributed by atoms with Crippen LogP contribution in [0.1, 0.15) is 0 Å². The third kappa shape index (κ3) is 2.90. The molecule has 1 heterocycles. The van der Waals surface area contributed by atoms with E-state index in [1.807, 2.05) is 60.8 Å². The van der Waals surface area contributed by atoms with Crippen LogP contribution in [0.25, 0.3) is 27.7 Å². The van der Waals surface area contributed by atoms with E-state index in [4.69, 9.17) is 0 Å². The largest absolute Gasteiger partial charge is 0.506 e. The number of fused-ring (bicyclic) bond motifs is 1. The third-order valence-electron chi connectivity index (χ3n) is 3.74. The molecule has 0 atom stereocenters. The molecule has 0 saturated carbocycles. The molecule has 0 aliphatic heterocycles. The Morgan fingerprint density at radius 3 is 2.30 bits per heavy atom. The van der Waals surface area contributed by atoms with Gasteiger partial charge >= 0.3 is 0 Å². The molecule has 3 nitrogen and oxygen atoms in total. The van der Waals surface area contributed by atoms with E-state index in [9.17, 15) is 5.11 Å². The predicted octanol–water partition coefficient (Wildman–Crippen LogP) is 4.40. The summed E-state index contributed by atoms with van der Waals surface area (Å²) in [6.45, 7) is 0. The second kappa shape index (κ2) is 6.35. The summed E-state index contributed by atoms with van der Waals surface area (Å²) in [5.41, 5.74) is 3.75. The summed E-state index contributed by atoms with van der Waals surface area (Å²) in [6, 6.07) is 23.6. The second-order valence-corrected chi connectivity index (χ2v) is 5.20. The molecular formula is C19H14N2OZn. The maximum Gasteiger partial charge on any atom is 0.141 e. The Kier molecular flexibility index (Phi) is 4.27. The number of aromatic hydroxyl groups is 1. The van der Waals surface area contributed by atoms with E-state index in [1.54, 1.807) is 10.7 Å². The van der Waals surface area contributed by atoms with E-state index in [1.165, 1.54) is 0 Å². The van der Waals surface area contributed by atoms with Crippen LogP contribution in [-0.4, -0.2) is 14.9 Å². The molecule has 4 rings (SSSR count). The smallest absolute Gasteiger partial charge is 0.141 e. The van der Waals surface area contributed by atoms with Gasteiger partial charge in [-0.3, -0.25) is 0 Å². The fraction of sp³-hybridized carbons (Fsp3) is 0. The molecule has 0 fully saturated rings. The van der Waals surface area contributed by atoms with Gasteiger partial charge in [-0.2, -0.15) is 5.10 Å². The van der Waals surface area contributed by atoms with Crippen LogP contribution in [-0.2, 0) is 19.5 Å². The molecule has 108 valence electrons. The average Bonchev–Trinajstić information content (AvgIpc) is 3.00. The first-order valence-electron chi connectivity index (χ1n) is 7.14. The number of hydrogen-bond acceptors (Lipinski definition) is 2. The number of phenolic OH excluding ortho intramolecular Hbond substituents is 1. The zero-order valence-electron chi connectivity index (χ0n) is 12.6. The molecule has 4 aromatic rings. The summed E-state index contributed by atoms with van der Waals surface area (Å²) in [4.78, 5) is 0. The van der Waals surface area contributed by atoms with Crippen LogP contribution in [0.15, 0.2) is 79.0 Å². The topological polar surface area (TPSA) is 38.0 Å². The Morgan fingerprint density at radius 1 is 0.783 bits per heavy atom. The number of hydrogen-bond donors (Lipinski definition) is 1. The monoisotopic (exact) mass is 350 g/mol. The summed E-state index contributed by atoms with van der Waals surface area (Å²) in [6.07, 6.45) is 1.93. The fourth-order valence-corrected chi connectivity index (χ4v) is 2.60. The van der Waals surface area contributed by atoms with Crippen LogP contribution in [0.5, 0.6) is 5.75 Å². The van der Waals surface area contributed by atoms with Crippen LogP contribution in [0.2, 0.25) is 0 Å². The molecular weight excluding hydrogens is 338 g/mol. The minimum absolute atomic E-state index is 0. The van der Waals surface area contributed by atoms with Gasteiger partial charge in [0.15, 0.2) is 0 Å². The fourth-order valence-electron chi connectivity index (χ4n) is 2.60. The van der Waals surface area contributed by atoms with Crippen LogP contribution < -0.4 is 0 Å². The van der Waals surface area contributed by atoms with Crippen LogP contribution in [0.4, 0.5) is 0 Å². The predicted molar refractivity (Wildman–Crippen MR) is 88.2 cm³/mol. The average molecular weight is 352 g/mol. The van der Waals surface area contributed by atoms with Crippen LogP contribution in [0, 0.1) is 0 Å². The van der Waals surface area contributed by atoms with Crippen molar-refractivity contribution in [2.24, 2.45) is 0 Å². The van der Waals surface area contributed by atoms with Crippen molar-refractivity contribution >= 4 is 10.9 Å². The van der Waals surface area contributed by atoms with Gasteiger partial charge in [0.05, 0.1) is 5.52 Å². The molecule has 23 heavy (non-hydrogen) atoms. The van der Waals surface area contributed by atoms with Gasteiger partial charge in [-0.15, -0.1) is 0 Å². The number of nitrogens with zero attached hydrogens (tertiary/aromatic N) is 2. The molecule has 0 spiro atoms. The van der Waals surface area contributed by atoms with Crippen molar-refractivity contribution in [3.05, 3.63) is 79.0 Å². The Hall–Kier alpha value is -2.45. The summed E-state index contributed by atoms with van der Waals surface area (Å²) >= 11 is 0. The molecule has 0 bridgehead atoms. The van der Waals surface area contributed by atoms with Crippen LogP contribution >= 0.6 is 0 Å². The Bertz CT molecular complexity index is 915. The molecule has 0 aliphatic carbocycles. The van der Waals surface area contributed by atoms with Crippen molar-refractivity contribution in [2.45, 2.75) is 0 Å². The van der Waals surface area contributed by atoms with Gasteiger partial charge < -0.3 is 5.11 Å². The minimum Gasteiger partial charge on any atom is -0.506 e. The van der Waals surface area contributed by atoms with Gasteiger partial charge in [0.1, 0.15) is 11.4 Å². The summed E-state index contributed by atoms with van der Waals surface area (Å²) in [5.74, 6) is 0.215. The van der Waals surface area contributed by atoms with Gasteiger partial charge in [-0.05, 0) is 29.3 Å².